The molecule has 24 heavy (non-hydrogen) atoms. The van der Waals surface area contributed by atoms with Crippen LogP contribution in [0.1, 0.15) is 75.6 Å². The lowest BCUT2D eigenvalue weighted by molar-refractivity contribution is -0.124. The van der Waals surface area contributed by atoms with Gasteiger partial charge in [0.1, 0.15) is 0 Å². The number of unbranched alkanes of at least 4 members (excludes halogenated alkanes) is 1. The minimum absolute atomic E-state index is 0. The van der Waals surface area contributed by atoms with E-state index in [4.69, 9.17) is 0 Å². The summed E-state index contributed by atoms with van der Waals surface area (Å²) >= 11 is 0. The number of nitrogens with one attached hydrogen (secondary N) is 1. The second-order valence-electron chi connectivity index (χ2n) is 6.42. The van der Waals surface area contributed by atoms with E-state index in [-0.39, 0.29) is 7.33 Å². The molecule has 2 aliphatic rings. The van der Waals surface area contributed by atoms with Gasteiger partial charge in [-0.2, -0.15) is 0 Å². The normalized spacial score (nSPS) is 23.2. The average molecular weight is 346 g/mol. The molecular weight excluding hydrogens is 298 g/mol. The molecular formula is C20H47N3O. The zero-order valence-corrected chi connectivity index (χ0v) is 17.8. The molecule has 0 aromatic carbocycles. The van der Waals surface area contributed by atoms with Crippen molar-refractivity contribution in [3.05, 3.63) is 0 Å². The molecule has 0 aromatic heterocycles. The molecule has 1 saturated heterocycles. The van der Waals surface area contributed by atoms with Gasteiger partial charge in [0.05, 0.1) is 6.54 Å². The summed E-state index contributed by atoms with van der Waals surface area (Å²) in [5, 5.41) is 3.11. The van der Waals surface area contributed by atoms with Crippen LogP contribution in [0.3, 0.4) is 0 Å². The fraction of sp³-hybridized carbons (Fsp3) is 0.950. The highest BCUT2D eigenvalue weighted by Crippen LogP contribution is 2.26. The number of likely N-dealkylation sites (N-methyl/N-ethyl adjacent to an activating group) is 1. The third-order valence-corrected chi connectivity index (χ3v) is 4.20. The number of carbonyl (C=O) groups is 1. The molecule has 1 heterocycles. The van der Waals surface area contributed by atoms with Gasteiger partial charge in [0.15, 0.2) is 0 Å². The van der Waals surface area contributed by atoms with Crippen LogP contribution in [0.4, 0.5) is 0 Å². The van der Waals surface area contributed by atoms with E-state index >= 15 is 0 Å². The van der Waals surface area contributed by atoms with Crippen molar-refractivity contribution < 1.29 is 6.22 Å². The van der Waals surface area contributed by atoms with Gasteiger partial charge in [-0.05, 0) is 25.8 Å². The third kappa shape index (κ3) is 12.8. The summed E-state index contributed by atoms with van der Waals surface area (Å²) in [7, 11) is 2.13. The average Bonchev–Trinajstić information content (AvgIpc) is 2.59. The zero-order valence-electron chi connectivity index (χ0n) is 17.8. The van der Waals surface area contributed by atoms with Crippen molar-refractivity contribution in [1.29, 1.82) is 0 Å². The summed E-state index contributed by atoms with van der Waals surface area (Å²) in [5.41, 5.74) is 0. The highest BCUT2D eigenvalue weighted by molar-refractivity contribution is 5.78. The third-order valence-electron chi connectivity index (χ3n) is 4.20. The molecule has 0 bridgehead atoms. The van der Waals surface area contributed by atoms with Crippen LogP contribution in [0.5, 0.6) is 0 Å². The number of hydrogen-bond acceptors (Lipinski definition) is 3. The van der Waals surface area contributed by atoms with E-state index in [2.05, 4.69) is 42.9 Å². The number of piperazine rings is 1. The molecule has 0 atom stereocenters. The van der Waals surface area contributed by atoms with E-state index in [0.29, 0.717) is 12.6 Å². The Bertz CT molecular complexity index is 274. The van der Waals surface area contributed by atoms with Crippen LogP contribution in [0, 0.1) is 5.92 Å². The van der Waals surface area contributed by atoms with Crippen molar-refractivity contribution in [2.45, 2.75) is 80.2 Å². The quantitative estimate of drug-likeness (QED) is 0.827. The Morgan fingerprint density at radius 2 is 1.46 bits per heavy atom. The van der Waals surface area contributed by atoms with Crippen molar-refractivity contribution in [1.82, 2.24) is 15.1 Å². The fourth-order valence-corrected chi connectivity index (χ4v) is 2.50. The molecule has 2 fully saturated rings. The summed E-state index contributed by atoms with van der Waals surface area (Å²) in [6, 6.07) is 0.454. The first-order valence-electron chi connectivity index (χ1n) is 10.2. The van der Waals surface area contributed by atoms with Crippen LogP contribution in [0.15, 0.2) is 0 Å². The Hall–Kier alpha value is -0.610. The molecule has 0 unspecified atom stereocenters. The number of rotatable bonds is 4. The molecule has 1 aliphatic heterocycles. The molecule has 2 rings (SSSR count). The van der Waals surface area contributed by atoms with Crippen LogP contribution in [-0.2, 0) is 4.79 Å². The lowest BCUT2D eigenvalue weighted by atomic mass is 9.82. The van der Waals surface area contributed by atoms with Crippen LogP contribution in [-0.4, -0.2) is 61.5 Å². The number of carbonyl (C=O) groups excluding carboxylic acids is 1. The zero-order chi connectivity index (χ0) is 19.0. The van der Waals surface area contributed by atoms with Gasteiger partial charge in [-0.1, -0.05) is 61.3 Å². The minimum Gasteiger partial charge on any atom is -0.352 e. The van der Waals surface area contributed by atoms with Crippen molar-refractivity contribution >= 4 is 5.91 Å². The largest absolute Gasteiger partial charge is 0.352 e. The predicted octanol–water partition coefficient (Wildman–Crippen LogP) is 4.25. The van der Waals surface area contributed by atoms with Crippen LogP contribution in [0.25, 0.3) is 0 Å². The molecule has 1 aliphatic carbocycles. The first kappa shape index (κ1) is 25.6. The number of hydrogen-bond donors (Lipinski definition) is 1. The van der Waals surface area contributed by atoms with Crippen LogP contribution in [0.2, 0.25) is 0 Å². The smallest absolute Gasteiger partial charge is 0.234 e. The maximum Gasteiger partial charge on any atom is 0.234 e. The second kappa shape index (κ2) is 17.2. The molecule has 4 heteroatoms. The first-order valence-corrected chi connectivity index (χ1v) is 10.2. The molecule has 0 spiro atoms. The SMILES string of the molecule is CC.CC.CC1CC(NC(=O)CN2CCN(C)CC2)C1.CCCC.[HH]. The maximum atomic E-state index is 11.7. The fourth-order valence-electron chi connectivity index (χ4n) is 2.50. The van der Waals surface area contributed by atoms with E-state index in [1.54, 1.807) is 0 Å². The number of amides is 1. The molecule has 0 radical (unpaired) electrons. The summed E-state index contributed by atoms with van der Waals surface area (Å²) in [5.74, 6) is 1.01. The summed E-state index contributed by atoms with van der Waals surface area (Å²) < 4.78 is 0. The van der Waals surface area contributed by atoms with Gasteiger partial charge in [0, 0.05) is 33.6 Å². The Labute approximate surface area is 153 Å². The van der Waals surface area contributed by atoms with Crippen molar-refractivity contribution in [2.24, 2.45) is 5.92 Å². The highest BCUT2D eigenvalue weighted by atomic mass is 16.2. The van der Waals surface area contributed by atoms with E-state index in [0.717, 1.165) is 44.9 Å². The Morgan fingerprint density at radius 1 is 1.00 bits per heavy atom. The molecule has 0 aromatic rings. The van der Waals surface area contributed by atoms with Crippen LogP contribution < -0.4 is 5.32 Å². The van der Waals surface area contributed by atoms with Gasteiger partial charge in [0.25, 0.3) is 0 Å². The summed E-state index contributed by atoms with van der Waals surface area (Å²) in [6.45, 7) is 19.4. The molecule has 1 amide bonds. The Kier molecular flexibility index (Phi) is 18.4. The van der Waals surface area contributed by atoms with E-state index in [1.807, 2.05) is 27.7 Å². The van der Waals surface area contributed by atoms with Gasteiger partial charge in [-0.15, -0.1) is 0 Å². The van der Waals surface area contributed by atoms with Gasteiger partial charge >= 0.3 is 0 Å². The predicted molar refractivity (Wildman–Crippen MR) is 110 cm³/mol. The number of nitrogens with zero attached hydrogens (tertiary/aromatic N) is 2. The second-order valence-corrected chi connectivity index (χ2v) is 6.42. The van der Waals surface area contributed by atoms with Gasteiger partial charge in [-0.25, -0.2) is 0 Å². The lowest BCUT2D eigenvalue weighted by Gasteiger charge is -2.35. The van der Waals surface area contributed by atoms with Gasteiger partial charge in [-0.3, -0.25) is 9.69 Å². The van der Waals surface area contributed by atoms with Crippen molar-refractivity contribution in [3.8, 4) is 0 Å². The van der Waals surface area contributed by atoms with Gasteiger partial charge < -0.3 is 10.2 Å². The van der Waals surface area contributed by atoms with Crippen molar-refractivity contribution in [3.63, 3.8) is 0 Å². The summed E-state index contributed by atoms with van der Waals surface area (Å²) in [4.78, 5) is 16.3. The maximum absolute atomic E-state index is 11.7. The summed E-state index contributed by atoms with van der Waals surface area (Å²) in [6.07, 6.45) is 4.96. The Morgan fingerprint density at radius 3 is 1.83 bits per heavy atom. The van der Waals surface area contributed by atoms with Crippen molar-refractivity contribution in [2.75, 3.05) is 39.8 Å². The molecule has 1 saturated carbocycles. The van der Waals surface area contributed by atoms with Crippen LogP contribution >= 0.6 is 0 Å². The van der Waals surface area contributed by atoms with E-state index in [9.17, 15) is 4.79 Å². The van der Waals surface area contributed by atoms with E-state index in [1.165, 1.54) is 12.8 Å². The molecule has 4 nitrogen and oxygen atoms in total. The minimum atomic E-state index is 0. The highest BCUT2D eigenvalue weighted by Gasteiger charge is 2.27. The van der Waals surface area contributed by atoms with Gasteiger partial charge in [0.2, 0.25) is 5.91 Å². The molecule has 148 valence electrons. The van der Waals surface area contributed by atoms with E-state index < -0.39 is 0 Å². The Balaban J connectivity index is -0.000000466. The standard InChI is InChI=1S/C12H23N3O.C4H10.2C2H6.H2/c1-10-7-11(8-10)13-12(16)9-15-5-3-14(2)4-6-15;1-3-4-2;2*1-2;/h10-11H,3-9H2,1-2H3,(H,13,16);3-4H2,1-2H3;2*1-2H3;1H. The topological polar surface area (TPSA) is 35.6 Å². The molecule has 1 N–H and O–H groups in total. The lowest BCUT2D eigenvalue weighted by Crippen LogP contribution is -2.51. The first-order chi connectivity index (χ1) is 11.5. The monoisotopic (exact) mass is 345 g/mol.